The summed E-state index contributed by atoms with van der Waals surface area (Å²) in [5.74, 6) is -0.759. The molecule has 0 aliphatic carbocycles. The molecular weight excluding hydrogens is 224 g/mol. The third-order valence-corrected chi connectivity index (χ3v) is 3.27. The van der Waals surface area contributed by atoms with Crippen LogP contribution in [0.1, 0.15) is 12.0 Å². The first-order valence-corrected chi connectivity index (χ1v) is 5.89. The molecule has 0 saturated carbocycles. The van der Waals surface area contributed by atoms with E-state index in [9.17, 15) is 8.78 Å². The van der Waals surface area contributed by atoms with E-state index in [4.69, 9.17) is 4.74 Å². The van der Waals surface area contributed by atoms with Crippen molar-refractivity contribution in [2.24, 2.45) is 5.92 Å². The number of nitrogens with one attached hydrogen (secondary N) is 1. The maximum Gasteiger partial charge on any atom is 0.126 e. The number of benzene rings is 1. The Bertz CT molecular complexity index is 363. The van der Waals surface area contributed by atoms with Gasteiger partial charge in [-0.2, -0.15) is 0 Å². The highest BCUT2D eigenvalue weighted by Crippen LogP contribution is 2.20. The van der Waals surface area contributed by atoms with Gasteiger partial charge in [0.1, 0.15) is 11.6 Å². The molecule has 0 radical (unpaired) electrons. The summed E-state index contributed by atoms with van der Waals surface area (Å²) in [6.07, 6.45) is 1.58. The molecule has 1 N–H and O–H groups in total. The molecule has 0 spiro atoms. The van der Waals surface area contributed by atoms with Gasteiger partial charge in [0, 0.05) is 24.6 Å². The molecule has 94 valence electrons. The quantitative estimate of drug-likeness (QED) is 0.875. The molecule has 0 bridgehead atoms. The van der Waals surface area contributed by atoms with Crippen molar-refractivity contribution in [3.8, 4) is 0 Å². The van der Waals surface area contributed by atoms with E-state index >= 15 is 0 Å². The van der Waals surface area contributed by atoms with E-state index in [0.29, 0.717) is 24.6 Å². The zero-order valence-electron chi connectivity index (χ0n) is 9.88. The second-order valence-corrected chi connectivity index (χ2v) is 4.50. The molecular formula is C13H17F2NO. The van der Waals surface area contributed by atoms with Crippen LogP contribution in [0.25, 0.3) is 0 Å². The molecule has 0 amide bonds. The summed E-state index contributed by atoms with van der Waals surface area (Å²) < 4.78 is 31.6. The van der Waals surface area contributed by atoms with Crippen molar-refractivity contribution in [1.29, 1.82) is 0 Å². The Morgan fingerprint density at radius 3 is 2.65 bits per heavy atom. The molecule has 1 aromatic rings. The third kappa shape index (κ3) is 3.23. The topological polar surface area (TPSA) is 21.3 Å². The van der Waals surface area contributed by atoms with Gasteiger partial charge in [-0.15, -0.1) is 0 Å². The van der Waals surface area contributed by atoms with Gasteiger partial charge in [0.05, 0.1) is 6.61 Å². The lowest BCUT2D eigenvalue weighted by atomic mass is 9.89. The molecule has 1 aliphatic heterocycles. The van der Waals surface area contributed by atoms with E-state index in [-0.39, 0.29) is 5.92 Å². The SMILES string of the molecule is CNC1CCOCC1Cc1cc(F)cc(F)c1. The van der Waals surface area contributed by atoms with E-state index in [1.807, 2.05) is 7.05 Å². The molecule has 2 rings (SSSR count). The lowest BCUT2D eigenvalue weighted by molar-refractivity contribution is 0.0342. The van der Waals surface area contributed by atoms with Gasteiger partial charge in [0.15, 0.2) is 0 Å². The van der Waals surface area contributed by atoms with Crippen LogP contribution < -0.4 is 5.32 Å². The largest absolute Gasteiger partial charge is 0.381 e. The molecule has 1 aromatic carbocycles. The summed E-state index contributed by atoms with van der Waals surface area (Å²) in [6.45, 7) is 1.39. The summed E-state index contributed by atoms with van der Waals surface area (Å²) in [5, 5.41) is 3.24. The Labute approximate surface area is 100.0 Å². The molecule has 4 heteroatoms. The smallest absolute Gasteiger partial charge is 0.126 e. The Hall–Kier alpha value is -1.00. The van der Waals surface area contributed by atoms with E-state index in [1.165, 1.54) is 12.1 Å². The average Bonchev–Trinajstić information content (AvgIpc) is 2.28. The summed E-state index contributed by atoms with van der Waals surface area (Å²) >= 11 is 0. The second kappa shape index (κ2) is 5.56. The number of rotatable bonds is 3. The molecule has 1 fully saturated rings. The van der Waals surface area contributed by atoms with Crippen LogP contribution in [0, 0.1) is 17.6 Å². The Kier molecular flexibility index (Phi) is 4.07. The van der Waals surface area contributed by atoms with E-state index < -0.39 is 11.6 Å². The highest BCUT2D eigenvalue weighted by atomic mass is 19.1. The van der Waals surface area contributed by atoms with Gasteiger partial charge in [-0.1, -0.05) is 0 Å². The first-order chi connectivity index (χ1) is 8.19. The van der Waals surface area contributed by atoms with Crippen LogP contribution in [0.5, 0.6) is 0 Å². The van der Waals surface area contributed by atoms with Crippen LogP contribution in [0.2, 0.25) is 0 Å². The van der Waals surface area contributed by atoms with E-state index in [2.05, 4.69) is 5.32 Å². The number of ether oxygens (including phenoxy) is 1. The molecule has 1 heterocycles. The number of halogens is 2. The fourth-order valence-corrected chi connectivity index (χ4v) is 2.41. The molecule has 1 saturated heterocycles. The Balaban J connectivity index is 2.08. The second-order valence-electron chi connectivity index (χ2n) is 4.50. The molecule has 1 aliphatic rings. The van der Waals surface area contributed by atoms with Gasteiger partial charge in [0.25, 0.3) is 0 Å². The fraction of sp³-hybridized carbons (Fsp3) is 0.538. The maximum atomic E-state index is 13.1. The van der Waals surface area contributed by atoms with Crippen LogP contribution in [0.3, 0.4) is 0 Å². The summed E-state index contributed by atoms with van der Waals surface area (Å²) in [4.78, 5) is 0. The van der Waals surface area contributed by atoms with Crippen LogP contribution in [-0.2, 0) is 11.2 Å². The Morgan fingerprint density at radius 2 is 2.00 bits per heavy atom. The zero-order valence-corrected chi connectivity index (χ0v) is 9.88. The summed E-state index contributed by atoms with van der Waals surface area (Å²) in [5.41, 5.74) is 0.693. The third-order valence-electron chi connectivity index (χ3n) is 3.27. The minimum Gasteiger partial charge on any atom is -0.381 e. The number of hydrogen-bond donors (Lipinski definition) is 1. The van der Waals surface area contributed by atoms with E-state index in [1.54, 1.807) is 0 Å². The normalized spacial score (nSPS) is 24.9. The molecule has 2 unspecified atom stereocenters. The van der Waals surface area contributed by atoms with Gasteiger partial charge in [-0.3, -0.25) is 0 Å². The fourth-order valence-electron chi connectivity index (χ4n) is 2.41. The molecule has 17 heavy (non-hydrogen) atoms. The highest BCUT2D eigenvalue weighted by Gasteiger charge is 2.24. The van der Waals surface area contributed by atoms with Crippen molar-refractivity contribution in [3.63, 3.8) is 0 Å². The lowest BCUT2D eigenvalue weighted by Gasteiger charge is -2.31. The zero-order chi connectivity index (χ0) is 12.3. The van der Waals surface area contributed by atoms with Gasteiger partial charge in [-0.05, 0) is 37.6 Å². The monoisotopic (exact) mass is 241 g/mol. The van der Waals surface area contributed by atoms with Gasteiger partial charge < -0.3 is 10.1 Å². The van der Waals surface area contributed by atoms with Crippen LogP contribution in [0.15, 0.2) is 18.2 Å². The Morgan fingerprint density at radius 1 is 1.29 bits per heavy atom. The van der Waals surface area contributed by atoms with Crippen molar-refractivity contribution in [2.45, 2.75) is 18.9 Å². The lowest BCUT2D eigenvalue weighted by Crippen LogP contribution is -2.41. The van der Waals surface area contributed by atoms with Crippen molar-refractivity contribution in [2.75, 3.05) is 20.3 Å². The minimum atomic E-state index is -0.516. The standard InChI is InChI=1S/C13H17F2NO/c1-16-13-2-3-17-8-10(13)4-9-5-11(14)7-12(15)6-9/h5-7,10,13,16H,2-4,8H2,1H3. The van der Waals surface area contributed by atoms with Crippen molar-refractivity contribution >= 4 is 0 Å². The molecule has 0 aromatic heterocycles. The minimum absolute atomic E-state index is 0.273. The van der Waals surface area contributed by atoms with Crippen LogP contribution >= 0.6 is 0 Å². The van der Waals surface area contributed by atoms with Crippen molar-refractivity contribution in [1.82, 2.24) is 5.32 Å². The summed E-state index contributed by atoms with van der Waals surface area (Å²) in [7, 11) is 1.91. The maximum absolute atomic E-state index is 13.1. The van der Waals surface area contributed by atoms with Crippen molar-refractivity contribution < 1.29 is 13.5 Å². The van der Waals surface area contributed by atoms with Crippen molar-refractivity contribution in [3.05, 3.63) is 35.4 Å². The predicted octanol–water partition coefficient (Wildman–Crippen LogP) is 2.13. The summed E-state index contributed by atoms with van der Waals surface area (Å²) in [6, 6.07) is 4.04. The van der Waals surface area contributed by atoms with E-state index in [0.717, 1.165) is 19.1 Å². The van der Waals surface area contributed by atoms with Crippen LogP contribution in [0.4, 0.5) is 8.78 Å². The first-order valence-electron chi connectivity index (χ1n) is 5.89. The highest BCUT2D eigenvalue weighted by molar-refractivity contribution is 5.18. The molecule has 2 atom stereocenters. The first kappa shape index (κ1) is 12.5. The van der Waals surface area contributed by atoms with Gasteiger partial charge in [0.2, 0.25) is 0 Å². The number of hydrogen-bond acceptors (Lipinski definition) is 2. The van der Waals surface area contributed by atoms with Gasteiger partial charge >= 0.3 is 0 Å². The molecule has 2 nitrogen and oxygen atoms in total. The van der Waals surface area contributed by atoms with Crippen LogP contribution in [-0.4, -0.2) is 26.3 Å². The predicted molar refractivity (Wildman–Crippen MR) is 61.8 cm³/mol. The average molecular weight is 241 g/mol. The van der Waals surface area contributed by atoms with Gasteiger partial charge in [-0.25, -0.2) is 8.78 Å².